The summed E-state index contributed by atoms with van der Waals surface area (Å²) in [7, 11) is 4.66. The average Bonchev–Trinajstić information content (AvgIpc) is 3.17. The van der Waals surface area contributed by atoms with Crippen LogP contribution < -0.4 is 19.5 Å². The van der Waals surface area contributed by atoms with Crippen LogP contribution in [0.25, 0.3) is 5.69 Å². The number of rotatable bonds is 6. The largest absolute Gasteiger partial charge is 0.497 e. The highest BCUT2D eigenvalue weighted by atomic mass is 16.5. The predicted molar refractivity (Wildman–Crippen MR) is 114 cm³/mol. The Hall–Kier alpha value is -3.94. The number of carbonyl (C=O) groups is 2. The lowest BCUT2D eigenvalue weighted by molar-refractivity contribution is -0.116. The topological polar surface area (TPSA) is 99.0 Å². The molecule has 3 aromatic rings. The summed E-state index contributed by atoms with van der Waals surface area (Å²) in [4.78, 5) is 24.5. The van der Waals surface area contributed by atoms with Crippen LogP contribution in [0.15, 0.2) is 48.7 Å². The minimum atomic E-state index is -1.12. The van der Waals surface area contributed by atoms with Crippen molar-refractivity contribution in [2.24, 2.45) is 0 Å². The molecule has 1 atom stereocenters. The Morgan fingerprint density at radius 3 is 2.42 bits per heavy atom. The van der Waals surface area contributed by atoms with Crippen LogP contribution in [0.5, 0.6) is 17.2 Å². The van der Waals surface area contributed by atoms with Crippen LogP contribution in [0.3, 0.4) is 0 Å². The molecule has 0 spiro atoms. The zero-order chi connectivity index (χ0) is 22.1. The Balaban J connectivity index is 1.97. The molecule has 0 fully saturated rings. The summed E-state index contributed by atoms with van der Waals surface area (Å²) in [6.45, 7) is 0. The summed E-state index contributed by atoms with van der Waals surface area (Å²) in [5, 5.41) is 12.5. The molecule has 8 heteroatoms. The van der Waals surface area contributed by atoms with E-state index in [1.165, 1.54) is 13.3 Å². The number of nitrogens with one attached hydrogen (secondary N) is 1. The molecular formula is C23H22N2O6. The van der Waals surface area contributed by atoms with Crippen LogP contribution in [0, 0.1) is 0 Å². The predicted octanol–water partition coefficient (Wildman–Crippen LogP) is 3.68. The molecular weight excluding hydrogens is 400 g/mol. The number of para-hydroxylation sites is 1. The van der Waals surface area contributed by atoms with Crippen molar-refractivity contribution in [2.75, 3.05) is 26.6 Å². The molecule has 4 rings (SSSR count). The zero-order valence-electron chi connectivity index (χ0n) is 17.3. The Labute approximate surface area is 179 Å². The number of carboxylic acids is 1. The maximum Gasteiger partial charge on any atom is 0.339 e. The number of fused-ring (bicyclic) bond motifs is 1. The number of benzene rings is 2. The van der Waals surface area contributed by atoms with Crippen molar-refractivity contribution in [3.05, 3.63) is 65.5 Å². The number of carboxylic acid groups (broad SMARTS) is 1. The third kappa shape index (κ3) is 3.46. The van der Waals surface area contributed by atoms with Crippen LogP contribution >= 0.6 is 0 Å². The number of nitrogens with zero attached hydrogens (tertiary/aromatic N) is 1. The number of methoxy groups -OCH3 is 3. The van der Waals surface area contributed by atoms with E-state index in [2.05, 4.69) is 5.32 Å². The first kappa shape index (κ1) is 20.3. The summed E-state index contributed by atoms with van der Waals surface area (Å²) in [5.41, 5.74) is 2.45. The van der Waals surface area contributed by atoms with Gasteiger partial charge in [-0.3, -0.25) is 4.79 Å². The van der Waals surface area contributed by atoms with Crippen molar-refractivity contribution < 1.29 is 28.9 Å². The minimum absolute atomic E-state index is 0.0192. The quantitative estimate of drug-likeness (QED) is 0.629. The zero-order valence-corrected chi connectivity index (χ0v) is 17.3. The fourth-order valence-corrected chi connectivity index (χ4v) is 4.03. The van der Waals surface area contributed by atoms with Gasteiger partial charge in [-0.1, -0.05) is 12.1 Å². The van der Waals surface area contributed by atoms with Crippen molar-refractivity contribution in [1.29, 1.82) is 0 Å². The smallest absolute Gasteiger partial charge is 0.339 e. The number of aromatic carboxylic acids is 1. The van der Waals surface area contributed by atoms with E-state index in [-0.39, 0.29) is 23.6 Å². The van der Waals surface area contributed by atoms with E-state index in [9.17, 15) is 14.7 Å². The molecule has 1 aliphatic rings. The highest BCUT2D eigenvalue weighted by Crippen LogP contribution is 2.46. The first-order chi connectivity index (χ1) is 15.0. The number of carbonyl (C=O) groups excluding carboxylic acids is 1. The van der Waals surface area contributed by atoms with Crippen LogP contribution in [0.1, 0.15) is 34.0 Å². The van der Waals surface area contributed by atoms with E-state index in [4.69, 9.17) is 14.2 Å². The molecule has 2 N–H and O–H groups in total. The standard InChI is InChI=1S/C23H22N2O6/c1-29-14-9-7-13(8-10-14)25-12-17(23(27)28)20-21(25)16(11-19(26)24-20)15-5-4-6-18(30-2)22(15)31-3/h4-10,12,16H,11H2,1-3H3,(H,24,26)(H,27,28). The SMILES string of the molecule is COc1ccc(-n2cc(C(=O)O)c3c2C(c2cccc(OC)c2OC)CC(=O)N3)cc1. The minimum Gasteiger partial charge on any atom is -0.497 e. The van der Waals surface area contributed by atoms with Gasteiger partial charge >= 0.3 is 5.97 Å². The molecule has 0 radical (unpaired) electrons. The molecule has 2 aromatic carbocycles. The normalized spacial score (nSPS) is 15.1. The summed E-state index contributed by atoms with van der Waals surface area (Å²) in [6.07, 6.45) is 1.66. The molecule has 1 aromatic heterocycles. The van der Waals surface area contributed by atoms with Gasteiger partial charge in [-0.25, -0.2) is 4.79 Å². The van der Waals surface area contributed by atoms with E-state index in [1.807, 2.05) is 24.3 Å². The Morgan fingerprint density at radius 2 is 1.81 bits per heavy atom. The molecule has 0 saturated heterocycles. The van der Waals surface area contributed by atoms with Gasteiger partial charge in [-0.05, 0) is 30.3 Å². The Kier molecular flexibility index (Phi) is 5.29. The number of ether oxygens (including phenoxy) is 3. The second kappa shape index (κ2) is 8.06. The van der Waals surface area contributed by atoms with E-state index in [0.717, 1.165) is 11.3 Å². The average molecular weight is 422 g/mol. The van der Waals surface area contributed by atoms with Crippen molar-refractivity contribution >= 4 is 17.6 Å². The summed E-state index contributed by atoms with van der Waals surface area (Å²) < 4.78 is 18.1. The number of amides is 1. The molecule has 0 saturated carbocycles. The van der Waals surface area contributed by atoms with Gasteiger partial charge in [0.15, 0.2) is 11.5 Å². The lowest BCUT2D eigenvalue weighted by Gasteiger charge is -2.27. The molecule has 0 bridgehead atoms. The molecule has 160 valence electrons. The second-order valence-corrected chi connectivity index (χ2v) is 7.06. The van der Waals surface area contributed by atoms with E-state index >= 15 is 0 Å². The van der Waals surface area contributed by atoms with Gasteiger partial charge < -0.3 is 29.2 Å². The molecule has 1 aliphatic heterocycles. The first-order valence-electron chi connectivity index (χ1n) is 9.62. The maximum absolute atomic E-state index is 12.6. The van der Waals surface area contributed by atoms with Gasteiger partial charge in [-0.2, -0.15) is 0 Å². The van der Waals surface area contributed by atoms with Crippen LogP contribution in [0.2, 0.25) is 0 Å². The van der Waals surface area contributed by atoms with Gasteiger partial charge in [0.05, 0.1) is 32.7 Å². The molecule has 2 heterocycles. The fourth-order valence-electron chi connectivity index (χ4n) is 4.03. The highest BCUT2D eigenvalue weighted by Gasteiger charge is 2.36. The van der Waals surface area contributed by atoms with E-state index in [0.29, 0.717) is 22.9 Å². The Morgan fingerprint density at radius 1 is 1.06 bits per heavy atom. The molecule has 1 amide bonds. The van der Waals surface area contributed by atoms with Crippen molar-refractivity contribution in [3.8, 4) is 22.9 Å². The van der Waals surface area contributed by atoms with Crippen molar-refractivity contribution in [2.45, 2.75) is 12.3 Å². The maximum atomic E-state index is 12.6. The lowest BCUT2D eigenvalue weighted by atomic mass is 9.87. The van der Waals surface area contributed by atoms with Crippen LogP contribution in [-0.2, 0) is 4.79 Å². The third-order valence-corrected chi connectivity index (χ3v) is 5.42. The fraction of sp³-hybridized carbons (Fsp3) is 0.217. The van der Waals surface area contributed by atoms with E-state index < -0.39 is 11.9 Å². The molecule has 31 heavy (non-hydrogen) atoms. The van der Waals surface area contributed by atoms with Crippen LogP contribution in [0.4, 0.5) is 5.69 Å². The number of aromatic nitrogens is 1. The highest BCUT2D eigenvalue weighted by molar-refractivity contribution is 6.04. The van der Waals surface area contributed by atoms with Gasteiger partial charge in [-0.15, -0.1) is 0 Å². The third-order valence-electron chi connectivity index (χ3n) is 5.42. The molecule has 0 aliphatic carbocycles. The van der Waals surface area contributed by atoms with Crippen molar-refractivity contribution in [1.82, 2.24) is 4.57 Å². The van der Waals surface area contributed by atoms with Gasteiger partial charge in [0.25, 0.3) is 0 Å². The van der Waals surface area contributed by atoms with Gasteiger partial charge in [0.2, 0.25) is 5.91 Å². The van der Waals surface area contributed by atoms with Crippen molar-refractivity contribution in [3.63, 3.8) is 0 Å². The summed E-state index contributed by atoms with van der Waals surface area (Å²) in [5.74, 6) is -0.102. The number of hydrogen-bond acceptors (Lipinski definition) is 5. The lowest BCUT2D eigenvalue weighted by Crippen LogP contribution is -2.25. The van der Waals surface area contributed by atoms with Crippen LogP contribution in [-0.4, -0.2) is 42.9 Å². The number of hydrogen-bond donors (Lipinski definition) is 2. The summed E-state index contributed by atoms with van der Waals surface area (Å²) in [6, 6.07) is 12.7. The monoisotopic (exact) mass is 422 g/mol. The Bertz CT molecular complexity index is 1150. The van der Waals surface area contributed by atoms with Gasteiger partial charge in [0.1, 0.15) is 11.3 Å². The molecule has 1 unspecified atom stereocenters. The summed E-state index contributed by atoms with van der Waals surface area (Å²) >= 11 is 0. The second-order valence-electron chi connectivity index (χ2n) is 7.06. The number of anilines is 1. The first-order valence-corrected chi connectivity index (χ1v) is 9.62. The van der Waals surface area contributed by atoms with Gasteiger partial charge in [0, 0.05) is 29.8 Å². The van der Waals surface area contributed by atoms with E-state index in [1.54, 1.807) is 37.0 Å². The molecule has 8 nitrogen and oxygen atoms in total.